The molecule has 0 heterocycles. The summed E-state index contributed by atoms with van der Waals surface area (Å²) < 4.78 is 55.0. The van der Waals surface area contributed by atoms with Gasteiger partial charge in [-0.15, -0.1) is 0 Å². The van der Waals surface area contributed by atoms with Crippen LogP contribution in [0.15, 0.2) is 48.5 Å². The minimum atomic E-state index is -4.47. The summed E-state index contributed by atoms with van der Waals surface area (Å²) in [4.78, 5) is 24.5. The lowest BCUT2D eigenvalue weighted by Crippen LogP contribution is -2.15. The fourth-order valence-electron chi connectivity index (χ4n) is 5.00. The molecule has 0 saturated carbocycles. The number of ether oxygens (including phenoxy) is 3. The Kier molecular flexibility index (Phi) is 19.7. The molecule has 0 aliphatic carbocycles. The van der Waals surface area contributed by atoms with Gasteiger partial charge >= 0.3 is 18.1 Å². The zero-order valence-corrected chi connectivity index (χ0v) is 26.9. The Morgan fingerprint density at radius 1 is 0.667 bits per heavy atom. The third-order valence-corrected chi connectivity index (χ3v) is 7.55. The molecule has 1 N–H and O–H groups in total. The summed E-state index contributed by atoms with van der Waals surface area (Å²) in [5.74, 6) is -0.867. The maximum Gasteiger partial charge on any atom is 0.416 e. The fourth-order valence-corrected chi connectivity index (χ4v) is 5.00. The quantitative estimate of drug-likeness (QED) is 0.0864. The zero-order valence-electron chi connectivity index (χ0n) is 26.9. The van der Waals surface area contributed by atoms with Gasteiger partial charge in [0.25, 0.3) is 0 Å². The maximum absolute atomic E-state index is 13.0. The molecular formula is C36H52F3NO5. The molecule has 0 bridgehead atoms. The van der Waals surface area contributed by atoms with E-state index in [2.05, 4.69) is 12.2 Å². The number of halogens is 3. The first-order chi connectivity index (χ1) is 21.8. The van der Waals surface area contributed by atoms with Gasteiger partial charge in [0.1, 0.15) is 13.2 Å². The van der Waals surface area contributed by atoms with Gasteiger partial charge in [0.05, 0.1) is 30.0 Å². The Hall–Kier alpha value is -3.07. The van der Waals surface area contributed by atoms with Crippen molar-refractivity contribution in [3.63, 3.8) is 0 Å². The van der Waals surface area contributed by atoms with Crippen LogP contribution in [0.5, 0.6) is 0 Å². The van der Waals surface area contributed by atoms with Crippen molar-refractivity contribution in [3.8, 4) is 0 Å². The van der Waals surface area contributed by atoms with Gasteiger partial charge in [-0.3, -0.25) is 4.79 Å². The van der Waals surface area contributed by atoms with E-state index >= 15 is 0 Å². The molecule has 0 saturated heterocycles. The highest BCUT2D eigenvalue weighted by Gasteiger charge is 2.30. The molecule has 0 amide bonds. The number of alkyl halides is 3. The number of nitrogens with one attached hydrogen (secondary N) is 1. The van der Waals surface area contributed by atoms with Crippen molar-refractivity contribution in [2.24, 2.45) is 0 Å². The van der Waals surface area contributed by atoms with Gasteiger partial charge < -0.3 is 19.5 Å². The second kappa shape index (κ2) is 23.3. The Morgan fingerprint density at radius 2 is 1.22 bits per heavy atom. The van der Waals surface area contributed by atoms with Crippen LogP contribution in [-0.2, 0) is 25.2 Å². The van der Waals surface area contributed by atoms with Crippen molar-refractivity contribution in [1.82, 2.24) is 0 Å². The summed E-state index contributed by atoms with van der Waals surface area (Å²) >= 11 is 0. The maximum atomic E-state index is 13.0. The monoisotopic (exact) mass is 635 g/mol. The second-order valence-corrected chi connectivity index (χ2v) is 11.4. The van der Waals surface area contributed by atoms with Crippen LogP contribution in [0.4, 0.5) is 24.5 Å². The second-order valence-electron chi connectivity index (χ2n) is 11.4. The van der Waals surface area contributed by atoms with E-state index < -0.39 is 17.7 Å². The molecule has 0 spiro atoms. The zero-order chi connectivity index (χ0) is 32.6. The molecule has 6 nitrogen and oxygen atoms in total. The van der Waals surface area contributed by atoms with Crippen LogP contribution in [0.1, 0.15) is 126 Å². The van der Waals surface area contributed by atoms with Crippen molar-refractivity contribution in [1.29, 1.82) is 0 Å². The summed E-state index contributed by atoms with van der Waals surface area (Å²) in [6.45, 7) is 2.67. The lowest BCUT2D eigenvalue weighted by molar-refractivity contribution is -0.145. The molecule has 2 rings (SSSR count). The standard InChI is InChI=1S/C36H52F3NO5/c1-2-3-4-5-6-7-8-9-10-11-12-13-14-15-16-24-34(41)44-27-25-43-26-28-45-35(42)32-22-17-18-23-33(32)40-31-21-19-20-30(29-31)36(37,38)39/h17-23,29,40H,2-16,24-28H2,1H3. The number of rotatable bonds is 25. The van der Waals surface area contributed by atoms with Crippen LogP contribution < -0.4 is 5.32 Å². The molecule has 252 valence electrons. The number of hydrogen-bond acceptors (Lipinski definition) is 6. The number of unbranched alkanes of at least 4 members (excludes halogenated alkanes) is 14. The largest absolute Gasteiger partial charge is 0.463 e. The van der Waals surface area contributed by atoms with Gasteiger partial charge in [-0.2, -0.15) is 13.2 Å². The molecule has 0 atom stereocenters. The third-order valence-electron chi connectivity index (χ3n) is 7.55. The number of benzene rings is 2. The van der Waals surface area contributed by atoms with E-state index in [4.69, 9.17) is 14.2 Å². The number of esters is 2. The van der Waals surface area contributed by atoms with E-state index in [1.54, 1.807) is 18.2 Å². The Labute approximate surface area is 267 Å². The molecule has 0 aliphatic heterocycles. The highest BCUT2D eigenvalue weighted by molar-refractivity contribution is 5.96. The number of hydrogen-bond donors (Lipinski definition) is 1. The van der Waals surface area contributed by atoms with Crippen LogP contribution in [0, 0.1) is 0 Å². The van der Waals surface area contributed by atoms with Crippen LogP contribution in [0.2, 0.25) is 0 Å². The van der Waals surface area contributed by atoms with Crippen molar-refractivity contribution in [2.75, 3.05) is 31.7 Å². The van der Waals surface area contributed by atoms with Crippen LogP contribution >= 0.6 is 0 Å². The smallest absolute Gasteiger partial charge is 0.416 e. The van der Waals surface area contributed by atoms with Crippen LogP contribution in [0.3, 0.4) is 0 Å². The summed E-state index contributed by atoms with van der Waals surface area (Å²) in [6, 6.07) is 11.1. The highest BCUT2D eigenvalue weighted by Crippen LogP contribution is 2.32. The number of para-hydroxylation sites is 1. The minimum Gasteiger partial charge on any atom is -0.463 e. The Morgan fingerprint density at radius 3 is 1.82 bits per heavy atom. The van der Waals surface area contributed by atoms with E-state index in [9.17, 15) is 22.8 Å². The molecular weight excluding hydrogens is 583 g/mol. The van der Waals surface area contributed by atoms with Gasteiger partial charge in [-0.1, -0.05) is 115 Å². The first-order valence-corrected chi connectivity index (χ1v) is 16.7. The van der Waals surface area contributed by atoms with E-state index in [1.807, 2.05) is 0 Å². The van der Waals surface area contributed by atoms with Gasteiger partial charge in [-0.05, 0) is 36.8 Å². The van der Waals surface area contributed by atoms with Gasteiger partial charge in [0, 0.05) is 12.1 Å². The molecule has 2 aromatic carbocycles. The van der Waals surface area contributed by atoms with E-state index in [0.29, 0.717) is 12.1 Å². The lowest BCUT2D eigenvalue weighted by atomic mass is 10.0. The van der Waals surface area contributed by atoms with E-state index in [-0.39, 0.29) is 43.6 Å². The molecule has 0 aliphatic rings. The average molecular weight is 636 g/mol. The highest BCUT2D eigenvalue weighted by atomic mass is 19.4. The lowest BCUT2D eigenvalue weighted by Gasteiger charge is -2.13. The van der Waals surface area contributed by atoms with E-state index in [1.165, 1.54) is 95.2 Å². The van der Waals surface area contributed by atoms with Crippen molar-refractivity contribution in [3.05, 3.63) is 59.7 Å². The van der Waals surface area contributed by atoms with Crippen molar-refractivity contribution in [2.45, 2.75) is 116 Å². The predicted octanol–water partition coefficient (Wildman–Crippen LogP) is 10.4. The number of anilines is 2. The summed E-state index contributed by atoms with van der Waals surface area (Å²) in [6.07, 6.45) is 15.1. The molecule has 2 aromatic rings. The SMILES string of the molecule is CCCCCCCCCCCCCCCCCC(=O)OCCOCCOC(=O)c1ccccc1Nc1cccc(C(F)(F)F)c1. The Bertz CT molecular complexity index is 1090. The molecule has 9 heteroatoms. The topological polar surface area (TPSA) is 73.9 Å². The normalized spacial score (nSPS) is 11.4. The van der Waals surface area contributed by atoms with Crippen LogP contribution in [0.25, 0.3) is 0 Å². The molecule has 45 heavy (non-hydrogen) atoms. The van der Waals surface area contributed by atoms with Crippen LogP contribution in [-0.4, -0.2) is 38.4 Å². The molecule has 0 unspecified atom stereocenters. The summed E-state index contributed by atoms with van der Waals surface area (Å²) in [5, 5.41) is 2.86. The molecule has 0 aromatic heterocycles. The Balaban J connectivity index is 1.46. The molecule has 0 fully saturated rings. The third kappa shape index (κ3) is 17.9. The summed E-state index contributed by atoms with van der Waals surface area (Å²) in [5.41, 5.74) is -0.0886. The fraction of sp³-hybridized carbons (Fsp3) is 0.611. The first kappa shape index (κ1) is 38.1. The van der Waals surface area contributed by atoms with Gasteiger partial charge in [-0.25, -0.2) is 4.79 Å². The van der Waals surface area contributed by atoms with Crippen molar-refractivity contribution >= 4 is 23.3 Å². The number of carbonyl (C=O) groups excluding carboxylic acids is 2. The van der Waals surface area contributed by atoms with E-state index in [0.717, 1.165) is 31.4 Å². The molecule has 0 radical (unpaired) electrons. The van der Waals surface area contributed by atoms with Crippen molar-refractivity contribution < 1.29 is 37.0 Å². The summed E-state index contributed by atoms with van der Waals surface area (Å²) in [7, 11) is 0. The minimum absolute atomic E-state index is 0.0240. The first-order valence-electron chi connectivity index (χ1n) is 16.7. The average Bonchev–Trinajstić information content (AvgIpc) is 3.02. The van der Waals surface area contributed by atoms with Gasteiger partial charge in [0.15, 0.2) is 0 Å². The van der Waals surface area contributed by atoms with Gasteiger partial charge in [0.2, 0.25) is 0 Å². The predicted molar refractivity (Wildman–Crippen MR) is 173 cm³/mol. The number of carbonyl (C=O) groups is 2.